The van der Waals surface area contributed by atoms with Crippen LogP contribution in [0.2, 0.25) is 0 Å². The first-order chi connectivity index (χ1) is 10.1. The van der Waals surface area contributed by atoms with Crippen LogP contribution in [0.25, 0.3) is 0 Å². The molecular formula is C16H30N4S. The second kappa shape index (κ2) is 9.77. The summed E-state index contributed by atoms with van der Waals surface area (Å²) in [5, 5.41) is 7.80. The molecule has 1 aromatic rings. The zero-order valence-corrected chi connectivity index (χ0v) is 14.6. The lowest BCUT2D eigenvalue weighted by molar-refractivity contribution is 0.580. The quantitative estimate of drug-likeness (QED) is 0.480. The van der Waals surface area contributed by atoms with Crippen molar-refractivity contribution in [3.05, 3.63) is 11.3 Å². The van der Waals surface area contributed by atoms with E-state index in [1.165, 1.54) is 51.4 Å². The molecule has 0 amide bonds. The van der Waals surface area contributed by atoms with Gasteiger partial charge in [0.2, 0.25) is 0 Å². The van der Waals surface area contributed by atoms with Gasteiger partial charge in [0.1, 0.15) is 10.8 Å². The monoisotopic (exact) mass is 310 g/mol. The fraction of sp³-hybridized carbons (Fsp3) is 0.750. The van der Waals surface area contributed by atoms with Crippen molar-refractivity contribution in [2.75, 3.05) is 11.9 Å². The Kier molecular flexibility index (Phi) is 8.35. The minimum atomic E-state index is 0.416. The molecule has 0 radical (unpaired) electrons. The molecule has 0 unspecified atom stereocenters. The molecule has 0 aromatic carbocycles. The number of aryl methyl sites for hydroxylation is 2. The van der Waals surface area contributed by atoms with Crippen LogP contribution in [0, 0.1) is 6.92 Å². The molecule has 1 heterocycles. The highest BCUT2D eigenvalue weighted by molar-refractivity contribution is 7.80. The Morgan fingerprint density at radius 2 is 1.71 bits per heavy atom. The molecule has 0 bridgehead atoms. The zero-order chi connectivity index (χ0) is 15.7. The van der Waals surface area contributed by atoms with E-state index in [0.717, 1.165) is 23.6 Å². The second-order valence-electron chi connectivity index (χ2n) is 5.70. The van der Waals surface area contributed by atoms with Gasteiger partial charge in [0.25, 0.3) is 0 Å². The summed E-state index contributed by atoms with van der Waals surface area (Å²) < 4.78 is 1.83. The van der Waals surface area contributed by atoms with Crippen molar-refractivity contribution < 1.29 is 0 Å². The summed E-state index contributed by atoms with van der Waals surface area (Å²) in [6.07, 6.45) is 10.6. The summed E-state index contributed by atoms with van der Waals surface area (Å²) in [6.45, 7) is 5.15. The van der Waals surface area contributed by atoms with Crippen molar-refractivity contribution in [2.45, 2.75) is 65.2 Å². The number of nitrogens with zero attached hydrogens (tertiary/aromatic N) is 2. The van der Waals surface area contributed by atoms with Gasteiger partial charge in [-0.3, -0.25) is 4.68 Å². The van der Waals surface area contributed by atoms with Gasteiger partial charge in [0, 0.05) is 13.6 Å². The maximum atomic E-state index is 5.78. The van der Waals surface area contributed by atoms with Gasteiger partial charge in [-0.2, -0.15) is 5.10 Å². The number of unbranched alkanes of at least 4 members (excludes halogenated alkanes) is 7. The van der Waals surface area contributed by atoms with E-state index < -0.39 is 0 Å². The van der Waals surface area contributed by atoms with Crippen LogP contribution in [0.4, 0.5) is 5.82 Å². The molecule has 0 aliphatic rings. The average molecular weight is 311 g/mol. The Morgan fingerprint density at radius 1 is 1.14 bits per heavy atom. The minimum Gasteiger partial charge on any atom is -0.389 e. The predicted molar refractivity (Wildman–Crippen MR) is 94.9 cm³/mol. The highest BCUT2D eigenvalue weighted by Gasteiger charge is 2.14. The maximum Gasteiger partial charge on any atom is 0.134 e. The fourth-order valence-electron chi connectivity index (χ4n) is 2.62. The SMILES string of the molecule is CCCCCCCCCCNc1c(C(N)=S)c(C)nn1C. The second-order valence-corrected chi connectivity index (χ2v) is 6.14. The van der Waals surface area contributed by atoms with Gasteiger partial charge in [-0.1, -0.05) is 64.1 Å². The van der Waals surface area contributed by atoms with E-state index in [2.05, 4.69) is 17.3 Å². The molecule has 0 saturated heterocycles. The summed E-state index contributed by atoms with van der Waals surface area (Å²) >= 11 is 5.11. The van der Waals surface area contributed by atoms with Crippen molar-refractivity contribution in [3.63, 3.8) is 0 Å². The average Bonchev–Trinajstić information content (AvgIpc) is 2.71. The first kappa shape index (κ1) is 18.0. The van der Waals surface area contributed by atoms with Gasteiger partial charge in [-0.15, -0.1) is 0 Å². The Bertz CT molecular complexity index is 440. The molecule has 21 heavy (non-hydrogen) atoms. The van der Waals surface area contributed by atoms with Crippen LogP contribution in [0.5, 0.6) is 0 Å². The van der Waals surface area contributed by atoms with Gasteiger partial charge < -0.3 is 11.1 Å². The maximum absolute atomic E-state index is 5.78. The van der Waals surface area contributed by atoms with E-state index in [1.807, 2.05) is 18.7 Å². The summed E-state index contributed by atoms with van der Waals surface area (Å²) in [5.41, 5.74) is 7.55. The summed E-state index contributed by atoms with van der Waals surface area (Å²) in [5.74, 6) is 0.947. The zero-order valence-electron chi connectivity index (χ0n) is 13.7. The molecule has 1 rings (SSSR count). The normalized spacial score (nSPS) is 10.8. The Morgan fingerprint density at radius 3 is 2.29 bits per heavy atom. The van der Waals surface area contributed by atoms with Crippen LogP contribution >= 0.6 is 12.2 Å². The first-order valence-corrected chi connectivity index (χ1v) is 8.56. The van der Waals surface area contributed by atoms with Gasteiger partial charge in [0.15, 0.2) is 0 Å². The molecule has 4 nitrogen and oxygen atoms in total. The lowest BCUT2D eigenvalue weighted by atomic mass is 10.1. The number of thiocarbonyl (C=S) groups is 1. The summed E-state index contributed by atoms with van der Waals surface area (Å²) in [6, 6.07) is 0. The van der Waals surface area contributed by atoms with Crippen molar-refractivity contribution in [1.82, 2.24) is 9.78 Å². The molecule has 0 spiro atoms. The molecule has 0 aliphatic carbocycles. The van der Waals surface area contributed by atoms with Crippen LogP contribution < -0.4 is 11.1 Å². The number of nitrogens with one attached hydrogen (secondary N) is 1. The number of rotatable bonds is 11. The Labute approximate surface area is 134 Å². The number of anilines is 1. The number of hydrogen-bond donors (Lipinski definition) is 2. The molecule has 0 fully saturated rings. The standard InChI is InChI=1S/C16H30N4S/c1-4-5-6-7-8-9-10-11-12-18-16-14(15(17)21)13(2)19-20(16)3/h18H,4-12H2,1-3H3,(H2,17,21). The van der Waals surface area contributed by atoms with Gasteiger partial charge in [-0.25, -0.2) is 0 Å². The third-order valence-corrected chi connectivity index (χ3v) is 4.00. The molecule has 3 N–H and O–H groups in total. The van der Waals surface area contributed by atoms with E-state index in [-0.39, 0.29) is 0 Å². The van der Waals surface area contributed by atoms with Gasteiger partial charge in [0.05, 0.1) is 11.3 Å². The van der Waals surface area contributed by atoms with E-state index in [0.29, 0.717) is 4.99 Å². The first-order valence-electron chi connectivity index (χ1n) is 8.15. The third-order valence-electron chi connectivity index (χ3n) is 3.79. The largest absolute Gasteiger partial charge is 0.389 e. The highest BCUT2D eigenvalue weighted by atomic mass is 32.1. The highest BCUT2D eigenvalue weighted by Crippen LogP contribution is 2.18. The molecule has 120 valence electrons. The Balaban J connectivity index is 2.23. The van der Waals surface area contributed by atoms with Crippen molar-refractivity contribution in [2.24, 2.45) is 12.8 Å². The number of hydrogen-bond acceptors (Lipinski definition) is 3. The van der Waals surface area contributed by atoms with E-state index in [1.54, 1.807) is 0 Å². The van der Waals surface area contributed by atoms with E-state index in [4.69, 9.17) is 18.0 Å². The molecular weight excluding hydrogens is 280 g/mol. The van der Waals surface area contributed by atoms with E-state index in [9.17, 15) is 0 Å². The third kappa shape index (κ3) is 6.04. The lowest BCUT2D eigenvalue weighted by Gasteiger charge is -2.09. The van der Waals surface area contributed by atoms with Crippen LogP contribution in [-0.4, -0.2) is 21.3 Å². The van der Waals surface area contributed by atoms with Crippen LogP contribution in [0.15, 0.2) is 0 Å². The predicted octanol–water partition coefficient (Wildman–Crippen LogP) is 3.92. The minimum absolute atomic E-state index is 0.416. The van der Waals surface area contributed by atoms with Crippen LogP contribution in [0.1, 0.15) is 69.5 Å². The molecule has 1 aromatic heterocycles. The van der Waals surface area contributed by atoms with Crippen molar-refractivity contribution >= 4 is 23.0 Å². The Hall–Kier alpha value is -1.10. The van der Waals surface area contributed by atoms with Crippen LogP contribution in [0.3, 0.4) is 0 Å². The molecule has 5 heteroatoms. The number of aromatic nitrogens is 2. The van der Waals surface area contributed by atoms with E-state index >= 15 is 0 Å². The van der Waals surface area contributed by atoms with Gasteiger partial charge >= 0.3 is 0 Å². The smallest absolute Gasteiger partial charge is 0.134 e. The lowest BCUT2D eigenvalue weighted by Crippen LogP contribution is -2.15. The number of nitrogens with two attached hydrogens (primary N) is 1. The summed E-state index contributed by atoms with van der Waals surface area (Å²) in [4.78, 5) is 0.416. The fourth-order valence-corrected chi connectivity index (χ4v) is 2.87. The topological polar surface area (TPSA) is 55.9 Å². The molecule has 0 saturated carbocycles. The van der Waals surface area contributed by atoms with Crippen molar-refractivity contribution in [1.29, 1.82) is 0 Å². The van der Waals surface area contributed by atoms with Crippen LogP contribution in [-0.2, 0) is 7.05 Å². The molecule has 0 atom stereocenters. The summed E-state index contributed by atoms with van der Waals surface area (Å²) in [7, 11) is 1.92. The van der Waals surface area contributed by atoms with Gasteiger partial charge in [-0.05, 0) is 13.3 Å². The molecule has 0 aliphatic heterocycles. The van der Waals surface area contributed by atoms with Crippen molar-refractivity contribution in [3.8, 4) is 0 Å².